The fraction of sp³-hybridized carbons (Fsp3) is 0.161. The Kier molecular flexibility index (Phi) is 7.44. The molecule has 0 saturated carbocycles. The van der Waals surface area contributed by atoms with Gasteiger partial charge in [-0.2, -0.15) is 0 Å². The third kappa shape index (κ3) is 6.05. The lowest BCUT2D eigenvalue weighted by atomic mass is 9.95. The second kappa shape index (κ2) is 10.8. The molecule has 0 fully saturated rings. The minimum atomic E-state index is -3.31. The molecule has 1 unspecified atom stereocenters. The smallest absolute Gasteiger partial charge is 0.227 e. The summed E-state index contributed by atoms with van der Waals surface area (Å²) >= 11 is 0. The predicted octanol–water partition coefficient (Wildman–Crippen LogP) is 6.14. The van der Waals surface area contributed by atoms with E-state index in [4.69, 9.17) is 4.74 Å². The summed E-state index contributed by atoms with van der Waals surface area (Å²) < 4.78 is 53.9. The van der Waals surface area contributed by atoms with E-state index >= 15 is 0 Å². The number of nitrogens with zero attached hydrogens (tertiary/aromatic N) is 2. The van der Waals surface area contributed by atoms with Gasteiger partial charge in [-0.15, -0.1) is 0 Å². The molecule has 204 valence electrons. The molecule has 0 spiro atoms. The minimum absolute atomic E-state index is 0.211. The van der Waals surface area contributed by atoms with Crippen molar-refractivity contribution in [2.45, 2.75) is 23.5 Å². The van der Waals surface area contributed by atoms with Crippen molar-refractivity contribution in [3.63, 3.8) is 0 Å². The third-order valence-electron chi connectivity index (χ3n) is 6.74. The zero-order valence-electron chi connectivity index (χ0n) is 22.3. The van der Waals surface area contributed by atoms with Gasteiger partial charge < -0.3 is 4.74 Å². The first kappa shape index (κ1) is 27.5. The Hall–Kier alpha value is -4.08. The molecule has 7 nitrogen and oxygen atoms in total. The summed E-state index contributed by atoms with van der Waals surface area (Å²) in [5, 5.41) is 0.423. The number of hydrogen-bond acceptors (Lipinski definition) is 7. The van der Waals surface area contributed by atoms with E-state index in [1.807, 2.05) is 60.7 Å². The van der Waals surface area contributed by atoms with E-state index in [1.165, 1.54) is 18.4 Å². The summed E-state index contributed by atoms with van der Waals surface area (Å²) in [6.45, 7) is 1.72. The predicted molar refractivity (Wildman–Crippen MR) is 158 cm³/mol. The largest absolute Gasteiger partial charge is 0.438 e. The van der Waals surface area contributed by atoms with Gasteiger partial charge in [0.1, 0.15) is 15.6 Å². The van der Waals surface area contributed by atoms with E-state index < -0.39 is 24.9 Å². The molecule has 0 aliphatic rings. The van der Waals surface area contributed by atoms with Crippen molar-refractivity contribution in [1.82, 2.24) is 9.97 Å². The SMILES string of the molecule is CC(Cc1cc(-c2cccc(-c3cccnc3Oc3ccc(S(C)(=O)=O)cc3)c2)c2ncccc2c1)S(C)(=O)=O. The van der Waals surface area contributed by atoms with Crippen LogP contribution in [0.2, 0.25) is 0 Å². The van der Waals surface area contributed by atoms with Gasteiger partial charge in [-0.3, -0.25) is 4.98 Å². The van der Waals surface area contributed by atoms with Crippen LogP contribution in [0.15, 0.2) is 102 Å². The molecular weight excluding hydrogens is 544 g/mol. The molecule has 0 N–H and O–H groups in total. The average molecular weight is 573 g/mol. The lowest BCUT2D eigenvalue weighted by molar-refractivity contribution is 0.464. The van der Waals surface area contributed by atoms with Crippen LogP contribution in [0.1, 0.15) is 12.5 Å². The van der Waals surface area contributed by atoms with Gasteiger partial charge in [0, 0.05) is 41.4 Å². The number of fused-ring (bicyclic) bond motifs is 1. The van der Waals surface area contributed by atoms with Crippen molar-refractivity contribution in [2.75, 3.05) is 12.5 Å². The van der Waals surface area contributed by atoms with Crippen LogP contribution in [0, 0.1) is 0 Å². The molecule has 2 heterocycles. The first-order chi connectivity index (χ1) is 19.0. The van der Waals surface area contributed by atoms with Gasteiger partial charge in [-0.05, 0) is 90.7 Å². The topological polar surface area (TPSA) is 103 Å². The van der Waals surface area contributed by atoms with Crippen LogP contribution in [0.25, 0.3) is 33.2 Å². The zero-order valence-corrected chi connectivity index (χ0v) is 23.9. The lowest BCUT2D eigenvalue weighted by Gasteiger charge is -2.15. The Balaban J connectivity index is 1.54. The highest BCUT2D eigenvalue weighted by molar-refractivity contribution is 7.91. The maximum atomic E-state index is 12.1. The fourth-order valence-corrected chi connectivity index (χ4v) is 5.61. The van der Waals surface area contributed by atoms with Crippen LogP contribution in [0.5, 0.6) is 11.6 Å². The number of sulfone groups is 2. The number of rotatable bonds is 8. The van der Waals surface area contributed by atoms with Gasteiger partial charge in [-0.1, -0.05) is 24.3 Å². The molecule has 3 aromatic carbocycles. The van der Waals surface area contributed by atoms with Crippen molar-refractivity contribution in [3.05, 3.63) is 103 Å². The number of aromatic nitrogens is 2. The summed E-state index contributed by atoms with van der Waals surface area (Å²) in [5.41, 5.74) is 5.19. The summed E-state index contributed by atoms with van der Waals surface area (Å²) in [6.07, 6.45) is 6.20. The molecule has 40 heavy (non-hydrogen) atoms. The van der Waals surface area contributed by atoms with E-state index in [0.29, 0.717) is 18.1 Å². The molecule has 5 aromatic rings. The first-order valence-corrected chi connectivity index (χ1v) is 16.4. The summed E-state index contributed by atoms with van der Waals surface area (Å²) in [7, 11) is -6.50. The summed E-state index contributed by atoms with van der Waals surface area (Å²) in [5.74, 6) is 0.844. The molecule has 2 aromatic heterocycles. The van der Waals surface area contributed by atoms with E-state index in [1.54, 1.807) is 31.5 Å². The van der Waals surface area contributed by atoms with Crippen molar-refractivity contribution in [1.29, 1.82) is 0 Å². The number of ether oxygens (including phenoxy) is 1. The number of benzene rings is 3. The van der Waals surface area contributed by atoms with E-state index in [9.17, 15) is 16.8 Å². The standard InChI is InChI=1S/C31H28N2O5S2/c1-21(39(2,34)35)17-22-18-25-9-5-15-32-30(25)29(19-22)24-8-4-7-23(20-24)28-10-6-16-33-31(28)38-26-11-13-27(14-12-26)40(3,36)37/h4-16,18-21H,17H2,1-3H3. The molecule has 0 bridgehead atoms. The molecule has 1 atom stereocenters. The van der Waals surface area contributed by atoms with Crippen molar-refractivity contribution < 1.29 is 21.6 Å². The molecule has 0 aliphatic carbocycles. The normalized spacial score (nSPS) is 12.8. The Bertz CT molecular complexity index is 1920. The average Bonchev–Trinajstić information content (AvgIpc) is 2.92. The van der Waals surface area contributed by atoms with Crippen molar-refractivity contribution in [2.24, 2.45) is 0 Å². The molecule has 5 rings (SSSR count). The van der Waals surface area contributed by atoms with Crippen LogP contribution in [-0.2, 0) is 26.1 Å². The maximum absolute atomic E-state index is 12.1. The van der Waals surface area contributed by atoms with Gasteiger partial charge in [0.15, 0.2) is 9.84 Å². The Morgan fingerprint density at radius 1 is 0.750 bits per heavy atom. The monoisotopic (exact) mass is 572 g/mol. The summed E-state index contributed by atoms with van der Waals surface area (Å²) in [4.78, 5) is 9.27. The van der Waals surface area contributed by atoms with Crippen LogP contribution in [0.4, 0.5) is 0 Å². The van der Waals surface area contributed by atoms with Gasteiger partial charge >= 0.3 is 0 Å². The van der Waals surface area contributed by atoms with Gasteiger partial charge in [0.05, 0.1) is 15.7 Å². The Morgan fingerprint density at radius 2 is 1.43 bits per heavy atom. The molecule has 0 radical (unpaired) electrons. The van der Waals surface area contributed by atoms with Gasteiger partial charge in [0.25, 0.3) is 0 Å². The van der Waals surface area contributed by atoms with Crippen LogP contribution < -0.4 is 4.74 Å². The van der Waals surface area contributed by atoms with Gasteiger partial charge in [0.2, 0.25) is 5.88 Å². The van der Waals surface area contributed by atoms with E-state index in [0.717, 1.165) is 45.0 Å². The molecule has 0 amide bonds. The lowest BCUT2D eigenvalue weighted by Crippen LogP contribution is -2.18. The number of pyridine rings is 2. The third-order valence-corrected chi connectivity index (χ3v) is 9.50. The van der Waals surface area contributed by atoms with Crippen LogP contribution in [0.3, 0.4) is 0 Å². The highest BCUT2D eigenvalue weighted by Crippen LogP contribution is 2.36. The molecular formula is C31H28N2O5S2. The molecule has 0 aliphatic heterocycles. The first-order valence-electron chi connectivity index (χ1n) is 12.6. The van der Waals surface area contributed by atoms with Gasteiger partial charge in [-0.25, -0.2) is 21.8 Å². The van der Waals surface area contributed by atoms with Crippen molar-refractivity contribution in [3.8, 4) is 33.9 Å². The van der Waals surface area contributed by atoms with E-state index in [-0.39, 0.29) is 4.90 Å². The Morgan fingerprint density at radius 3 is 2.12 bits per heavy atom. The molecule has 0 saturated heterocycles. The Labute approximate surface area is 234 Å². The van der Waals surface area contributed by atoms with E-state index in [2.05, 4.69) is 9.97 Å². The highest BCUT2D eigenvalue weighted by atomic mass is 32.2. The van der Waals surface area contributed by atoms with Crippen LogP contribution in [-0.4, -0.2) is 44.6 Å². The zero-order chi connectivity index (χ0) is 28.5. The molecule has 9 heteroatoms. The van der Waals surface area contributed by atoms with Crippen molar-refractivity contribution >= 4 is 30.6 Å². The van der Waals surface area contributed by atoms with Crippen LogP contribution >= 0.6 is 0 Å². The second-order valence-corrected chi connectivity index (χ2v) is 14.3. The second-order valence-electron chi connectivity index (χ2n) is 9.85. The number of hydrogen-bond donors (Lipinski definition) is 0. The highest BCUT2D eigenvalue weighted by Gasteiger charge is 2.18. The maximum Gasteiger partial charge on any atom is 0.227 e. The minimum Gasteiger partial charge on any atom is -0.438 e. The quantitative estimate of drug-likeness (QED) is 0.220. The summed E-state index contributed by atoms with van der Waals surface area (Å²) in [6, 6.07) is 25.7. The fourth-order valence-electron chi connectivity index (χ4n) is 4.49.